The molecule has 0 radical (unpaired) electrons. The third-order valence-corrected chi connectivity index (χ3v) is 9.42. The standard InChI is InChI=1S/C43H39N/c1-6-7-15-31-16-11-12-19-35(31)34-25-23-33(27-30(34)3)44(32-17-9-8-10-18-32)41-28-40-42(37-21-14-13-20-36(37)41)38-24-22-29(2)26-39(38)43(40,4)5/h6-14,16-28H,15H2,1-5H3/b7-6+. The molecular formula is C43H39N. The van der Waals surface area contributed by atoms with Crippen LogP contribution in [0.1, 0.15) is 48.6 Å². The highest BCUT2D eigenvalue weighted by atomic mass is 15.1. The minimum atomic E-state index is -0.103. The van der Waals surface area contributed by atoms with E-state index in [4.69, 9.17) is 0 Å². The van der Waals surface area contributed by atoms with E-state index in [1.807, 2.05) is 0 Å². The molecule has 0 amide bonds. The molecule has 1 aliphatic rings. The fraction of sp³-hybridized carbons (Fsp3) is 0.163. The number of allylic oxidation sites excluding steroid dienone is 2. The fourth-order valence-electron chi connectivity index (χ4n) is 7.16. The van der Waals surface area contributed by atoms with Gasteiger partial charge in [0.05, 0.1) is 5.69 Å². The van der Waals surface area contributed by atoms with Crippen LogP contribution in [0.15, 0.2) is 133 Å². The van der Waals surface area contributed by atoms with E-state index in [-0.39, 0.29) is 5.41 Å². The minimum absolute atomic E-state index is 0.103. The Balaban J connectivity index is 1.45. The summed E-state index contributed by atoms with van der Waals surface area (Å²) in [5.74, 6) is 0. The van der Waals surface area contributed by atoms with Crippen LogP contribution in [0.3, 0.4) is 0 Å². The maximum absolute atomic E-state index is 2.47. The second-order valence-electron chi connectivity index (χ2n) is 12.6. The summed E-state index contributed by atoms with van der Waals surface area (Å²) in [5.41, 5.74) is 15.5. The lowest BCUT2D eigenvalue weighted by Crippen LogP contribution is -2.17. The molecule has 6 aromatic carbocycles. The van der Waals surface area contributed by atoms with Crippen molar-refractivity contribution >= 4 is 27.8 Å². The zero-order chi connectivity index (χ0) is 30.4. The Kier molecular flexibility index (Phi) is 6.98. The van der Waals surface area contributed by atoms with Crippen LogP contribution in [0.4, 0.5) is 17.1 Å². The van der Waals surface area contributed by atoms with E-state index >= 15 is 0 Å². The SMILES string of the molecule is C/C=C/Cc1ccccc1-c1ccc(N(c2ccccc2)c2cc3c(c4ccccc24)-c2ccc(C)cc2C3(C)C)cc1C. The maximum Gasteiger partial charge on any atom is 0.0543 e. The molecule has 0 fully saturated rings. The second-order valence-corrected chi connectivity index (χ2v) is 12.6. The average Bonchev–Trinajstić information content (AvgIpc) is 3.26. The van der Waals surface area contributed by atoms with Crippen LogP contribution in [-0.4, -0.2) is 0 Å². The molecule has 0 saturated carbocycles. The monoisotopic (exact) mass is 569 g/mol. The quantitative estimate of drug-likeness (QED) is 0.180. The first-order valence-electron chi connectivity index (χ1n) is 15.7. The highest BCUT2D eigenvalue weighted by molar-refractivity contribution is 6.10. The van der Waals surface area contributed by atoms with Crippen molar-refractivity contribution in [3.8, 4) is 22.3 Å². The molecule has 6 aromatic rings. The zero-order valence-corrected chi connectivity index (χ0v) is 26.4. The summed E-state index contributed by atoms with van der Waals surface area (Å²) in [6.07, 6.45) is 5.30. The largest absolute Gasteiger partial charge is 0.310 e. The summed E-state index contributed by atoms with van der Waals surface area (Å²) >= 11 is 0. The summed E-state index contributed by atoms with van der Waals surface area (Å²) in [6, 6.07) is 45.0. The Morgan fingerprint density at radius 3 is 2.09 bits per heavy atom. The first-order valence-corrected chi connectivity index (χ1v) is 15.7. The molecule has 44 heavy (non-hydrogen) atoms. The number of benzene rings is 6. The van der Waals surface area contributed by atoms with Gasteiger partial charge in [0.2, 0.25) is 0 Å². The molecular weight excluding hydrogens is 530 g/mol. The Morgan fingerprint density at radius 2 is 1.32 bits per heavy atom. The van der Waals surface area contributed by atoms with Crippen LogP contribution in [-0.2, 0) is 11.8 Å². The Morgan fingerprint density at radius 1 is 0.614 bits per heavy atom. The van der Waals surface area contributed by atoms with E-state index in [9.17, 15) is 0 Å². The van der Waals surface area contributed by atoms with Crippen molar-refractivity contribution in [2.45, 2.75) is 46.5 Å². The highest BCUT2D eigenvalue weighted by Crippen LogP contribution is 2.54. The van der Waals surface area contributed by atoms with Gasteiger partial charge < -0.3 is 4.90 Å². The first kappa shape index (κ1) is 27.9. The number of hydrogen-bond donors (Lipinski definition) is 0. The van der Waals surface area contributed by atoms with Crippen molar-refractivity contribution in [1.29, 1.82) is 0 Å². The van der Waals surface area contributed by atoms with Crippen LogP contribution in [0.25, 0.3) is 33.0 Å². The van der Waals surface area contributed by atoms with Crippen molar-refractivity contribution in [3.63, 3.8) is 0 Å². The molecule has 0 N–H and O–H groups in total. The summed E-state index contributed by atoms with van der Waals surface area (Å²) < 4.78 is 0. The predicted octanol–water partition coefficient (Wildman–Crippen LogP) is 12.0. The third-order valence-electron chi connectivity index (χ3n) is 9.42. The number of rotatable bonds is 6. The molecule has 7 rings (SSSR count). The molecule has 0 saturated heterocycles. The van der Waals surface area contributed by atoms with Crippen LogP contribution >= 0.6 is 0 Å². The lowest BCUT2D eigenvalue weighted by atomic mass is 9.81. The molecule has 0 aromatic heterocycles. The summed E-state index contributed by atoms with van der Waals surface area (Å²) in [6.45, 7) is 11.3. The fourth-order valence-corrected chi connectivity index (χ4v) is 7.16. The van der Waals surface area contributed by atoms with E-state index in [0.29, 0.717) is 0 Å². The van der Waals surface area contributed by atoms with Crippen molar-refractivity contribution in [3.05, 3.63) is 161 Å². The zero-order valence-electron chi connectivity index (χ0n) is 26.4. The van der Waals surface area contributed by atoms with E-state index in [2.05, 4.69) is 173 Å². The molecule has 1 aliphatic carbocycles. The van der Waals surface area contributed by atoms with Crippen molar-refractivity contribution in [2.24, 2.45) is 0 Å². The van der Waals surface area contributed by atoms with Crippen molar-refractivity contribution in [1.82, 2.24) is 0 Å². The van der Waals surface area contributed by atoms with Crippen LogP contribution in [0.2, 0.25) is 0 Å². The molecule has 1 nitrogen and oxygen atoms in total. The van der Waals surface area contributed by atoms with Gasteiger partial charge in [0.1, 0.15) is 0 Å². The summed E-state index contributed by atoms with van der Waals surface area (Å²) in [7, 11) is 0. The number of nitrogens with zero attached hydrogens (tertiary/aromatic N) is 1. The van der Waals surface area contributed by atoms with Gasteiger partial charge in [0.25, 0.3) is 0 Å². The molecule has 0 bridgehead atoms. The van der Waals surface area contributed by atoms with Crippen molar-refractivity contribution < 1.29 is 0 Å². The Bertz CT molecular complexity index is 2040. The Hall–Kier alpha value is -4.88. The molecule has 216 valence electrons. The van der Waals surface area contributed by atoms with Gasteiger partial charge in [-0.2, -0.15) is 0 Å². The first-order chi connectivity index (χ1) is 21.4. The number of aryl methyl sites for hydroxylation is 2. The van der Waals surface area contributed by atoms with Gasteiger partial charge in [-0.25, -0.2) is 0 Å². The molecule has 0 unspecified atom stereocenters. The van der Waals surface area contributed by atoms with E-state index in [0.717, 1.165) is 17.8 Å². The predicted molar refractivity (Wildman–Crippen MR) is 190 cm³/mol. The van der Waals surface area contributed by atoms with Gasteiger partial charge in [0.15, 0.2) is 0 Å². The number of fused-ring (bicyclic) bond motifs is 5. The number of para-hydroxylation sites is 1. The van der Waals surface area contributed by atoms with Gasteiger partial charge in [-0.1, -0.05) is 123 Å². The van der Waals surface area contributed by atoms with E-state index < -0.39 is 0 Å². The normalized spacial score (nSPS) is 13.3. The summed E-state index contributed by atoms with van der Waals surface area (Å²) in [4.78, 5) is 2.45. The molecule has 0 aliphatic heterocycles. The van der Waals surface area contributed by atoms with Gasteiger partial charge in [0, 0.05) is 22.2 Å². The third kappa shape index (κ3) is 4.55. The lowest BCUT2D eigenvalue weighted by molar-refractivity contribution is 0.660. The highest BCUT2D eigenvalue weighted by Gasteiger charge is 2.37. The molecule has 0 heterocycles. The van der Waals surface area contributed by atoms with Crippen LogP contribution < -0.4 is 4.90 Å². The van der Waals surface area contributed by atoms with Gasteiger partial charge in [-0.05, 0) is 107 Å². The lowest BCUT2D eigenvalue weighted by Gasteiger charge is -2.30. The number of hydrogen-bond acceptors (Lipinski definition) is 1. The van der Waals surface area contributed by atoms with E-state index in [1.165, 1.54) is 66.5 Å². The van der Waals surface area contributed by atoms with Crippen LogP contribution in [0.5, 0.6) is 0 Å². The van der Waals surface area contributed by atoms with Gasteiger partial charge >= 0.3 is 0 Å². The molecule has 1 heteroatoms. The van der Waals surface area contributed by atoms with Gasteiger partial charge in [-0.15, -0.1) is 0 Å². The smallest absolute Gasteiger partial charge is 0.0543 e. The number of anilines is 3. The average molecular weight is 570 g/mol. The maximum atomic E-state index is 2.47. The van der Waals surface area contributed by atoms with Crippen LogP contribution in [0, 0.1) is 13.8 Å². The summed E-state index contributed by atoms with van der Waals surface area (Å²) in [5, 5.41) is 2.57. The van der Waals surface area contributed by atoms with Gasteiger partial charge in [-0.3, -0.25) is 0 Å². The van der Waals surface area contributed by atoms with E-state index in [1.54, 1.807) is 0 Å². The molecule has 0 spiro atoms. The minimum Gasteiger partial charge on any atom is -0.310 e. The topological polar surface area (TPSA) is 3.24 Å². The second kappa shape index (κ2) is 11.0. The Labute approximate surface area is 262 Å². The molecule has 0 atom stereocenters. The van der Waals surface area contributed by atoms with Crippen molar-refractivity contribution in [2.75, 3.05) is 4.90 Å².